The first-order valence-corrected chi connectivity index (χ1v) is 6.91. The molecule has 0 saturated heterocycles. The molecular formula is C18H18FNO. The molecule has 0 radical (unpaired) electrons. The second-order valence-corrected chi connectivity index (χ2v) is 4.86. The van der Waals surface area contributed by atoms with E-state index in [0.717, 1.165) is 16.7 Å². The molecule has 2 aromatic rings. The van der Waals surface area contributed by atoms with Gasteiger partial charge in [0.2, 0.25) is 5.91 Å². The number of amides is 1. The smallest absolute Gasteiger partial charge is 0.244 e. The van der Waals surface area contributed by atoms with Crippen molar-refractivity contribution in [3.05, 3.63) is 77.6 Å². The lowest BCUT2D eigenvalue weighted by atomic mass is 10.1. The second-order valence-electron chi connectivity index (χ2n) is 4.86. The Kier molecular flexibility index (Phi) is 5.27. The Morgan fingerprint density at radius 2 is 1.76 bits per heavy atom. The first-order chi connectivity index (χ1) is 10.1. The zero-order valence-electron chi connectivity index (χ0n) is 12.0. The van der Waals surface area contributed by atoms with Crippen LogP contribution in [0.5, 0.6) is 0 Å². The van der Waals surface area contributed by atoms with Gasteiger partial charge in [-0.2, -0.15) is 0 Å². The van der Waals surface area contributed by atoms with Crippen LogP contribution in [0, 0.1) is 5.82 Å². The van der Waals surface area contributed by atoms with Gasteiger partial charge in [-0.25, -0.2) is 4.39 Å². The second kappa shape index (κ2) is 7.39. The van der Waals surface area contributed by atoms with Crippen molar-refractivity contribution in [3.63, 3.8) is 0 Å². The summed E-state index contributed by atoms with van der Waals surface area (Å²) in [6, 6.07) is 16.1. The summed E-state index contributed by atoms with van der Waals surface area (Å²) in [6.07, 6.45) is 2.28. The molecule has 0 saturated carbocycles. The number of rotatable bonds is 5. The van der Waals surface area contributed by atoms with E-state index in [2.05, 4.69) is 5.32 Å². The summed E-state index contributed by atoms with van der Waals surface area (Å²) in [4.78, 5) is 11.8. The molecule has 0 aliphatic rings. The number of hydrogen-bond acceptors (Lipinski definition) is 1. The van der Waals surface area contributed by atoms with Gasteiger partial charge in [-0.1, -0.05) is 42.5 Å². The largest absolute Gasteiger partial charge is 0.352 e. The van der Waals surface area contributed by atoms with E-state index in [4.69, 9.17) is 0 Å². The van der Waals surface area contributed by atoms with Crippen LogP contribution in [0.1, 0.15) is 18.1 Å². The highest BCUT2D eigenvalue weighted by molar-refractivity contribution is 5.94. The number of halogens is 1. The number of hydrogen-bond donors (Lipinski definition) is 1. The van der Waals surface area contributed by atoms with E-state index in [0.29, 0.717) is 13.0 Å². The fourth-order valence-electron chi connectivity index (χ4n) is 2.01. The van der Waals surface area contributed by atoms with Crippen molar-refractivity contribution in [2.24, 2.45) is 0 Å². The van der Waals surface area contributed by atoms with Gasteiger partial charge < -0.3 is 5.32 Å². The van der Waals surface area contributed by atoms with Crippen LogP contribution in [0.25, 0.3) is 5.57 Å². The topological polar surface area (TPSA) is 29.1 Å². The average Bonchev–Trinajstić information content (AvgIpc) is 2.50. The molecule has 1 amide bonds. The summed E-state index contributed by atoms with van der Waals surface area (Å²) in [6.45, 7) is 2.44. The number of nitrogens with one attached hydrogen (secondary N) is 1. The lowest BCUT2D eigenvalue weighted by Gasteiger charge is -2.04. The van der Waals surface area contributed by atoms with E-state index in [1.165, 1.54) is 12.1 Å². The van der Waals surface area contributed by atoms with E-state index in [9.17, 15) is 9.18 Å². The third-order valence-electron chi connectivity index (χ3n) is 3.20. The predicted octanol–water partition coefficient (Wildman–Crippen LogP) is 3.59. The SMILES string of the molecule is C/C(=C\C(=O)NCCc1ccc(F)cc1)c1ccccc1. The third-order valence-corrected chi connectivity index (χ3v) is 3.20. The molecule has 1 N–H and O–H groups in total. The van der Waals surface area contributed by atoms with Gasteiger partial charge in [-0.3, -0.25) is 4.79 Å². The van der Waals surface area contributed by atoms with Gasteiger partial charge in [0.25, 0.3) is 0 Å². The summed E-state index contributed by atoms with van der Waals surface area (Å²) in [5.74, 6) is -0.359. The summed E-state index contributed by atoms with van der Waals surface area (Å²) in [5, 5.41) is 2.84. The predicted molar refractivity (Wildman–Crippen MR) is 83.2 cm³/mol. The molecule has 0 aliphatic carbocycles. The van der Waals surface area contributed by atoms with Crippen LogP contribution in [-0.2, 0) is 11.2 Å². The molecule has 108 valence electrons. The van der Waals surface area contributed by atoms with E-state index < -0.39 is 0 Å². The van der Waals surface area contributed by atoms with Crippen LogP contribution in [-0.4, -0.2) is 12.5 Å². The minimum absolute atomic E-state index is 0.113. The van der Waals surface area contributed by atoms with Crippen molar-refractivity contribution in [1.82, 2.24) is 5.32 Å². The minimum atomic E-state index is -0.246. The van der Waals surface area contributed by atoms with Gasteiger partial charge in [0.05, 0.1) is 0 Å². The first-order valence-electron chi connectivity index (χ1n) is 6.91. The van der Waals surface area contributed by atoms with Gasteiger partial charge in [-0.15, -0.1) is 0 Å². The number of carbonyl (C=O) groups is 1. The molecule has 0 atom stereocenters. The van der Waals surface area contributed by atoms with Gasteiger partial charge in [0.1, 0.15) is 5.82 Å². The van der Waals surface area contributed by atoms with Crippen LogP contribution >= 0.6 is 0 Å². The fraction of sp³-hybridized carbons (Fsp3) is 0.167. The molecule has 0 aliphatic heterocycles. The maximum Gasteiger partial charge on any atom is 0.244 e. The summed E-state index contributed by atoms with van der Waals surface area (Å²) >= 11 is 0. The summed E-state index contributed by atoms with van der Waals surface area (Å²) in [7, 11) is 0. The van der Waals surface area contributed by atoms with Crippen molar-refractivity contribution in [3.8, 4) is 0 Å². The maximum atomic E-state index is 12.8. The molecule has 0 fully saturated rings. The molecular weight excluding hydrogens is 265 g/mol. The normalized spacial score (nSPS) is 11.2. The third kappa shape index (κ3) is 4.88. The summed E-state index contributed by atoms with van der Waals surface area (Å²) in [5.41, 5.74) is 2.96. The molecule has 3 heteroatoms. The van der Waals surface area contributed by atoms with Crippen molar-refractivity contribution >= 4 is 11.5 Å². The molecule has 0 spiro atoms. The first kappa shape index (κ1) is 15.0. The Balaban J connectivity index is 1.83. The number of carbonyl (C=O) groups excluding carboxylic acids is 1. The fourth-order valence-corrected chi connectivity index (χ4v) is 2.01. The highest BCUT2D eigenvalue weighted by Gasteiger charge is 2.00. The highest BCUT2D eigenvalue weighted by atomic mass is 19.1. The van der Waals surface area contributed by atoms with Crippen LogP contribution in [0.2, 0.25) is 0 Å². The standard InChI is InChI=1S/C18H18FNO/c1-14(16-5-3-2-4-6-16)13-18(21)20-12-11-15-7-9-17(19)10-8-15/h2-10,13H,11-12H2,1H3,(H,20,21)/b14-13+. The van der Waals surface area contributed by atoms with Crippen LogP contribution < -0.4 is 5.32 Å². The highest BCUT2D eigenvalue weighted by Crippen LogP contribution is 2.12. The lowest BCUT2D eigenvalue weighted by Crippen LogP contribution is -2.23. The van der Waals surface area contributed by atoms with Crippen molar-refractivity contribution in [2.45, 2.75) is 13.3 Å². The van der Waals surface area contributed by atoms with E-state index >= 15 is 0 Å². The molecule has 2 nitrogen and oxygen atoms in total. The molecule has 0 unspecified atom stereocenters. The van der Waals surface area contributed by atoms with Crippen LogP contribution in [0.15, 0.2) is 60.7 Å². The number of allylic oxidation sites excluding steroid dienone is 1. The van der Waals surface area contributed by atoms with Crippen molar-refractivity contribution < 1.29 is 9.18 Å². The minimum Gasteiger partial charge on any atom is -0.352 e. The van der Waals surface area contributed by atoms with Crippen LogP contribution in [0.4, 0.5) is 4.39 Å². The van der Waals surface area contributed by atoms with Crippen LogP contribution in [0.3, 0.4) is 0 Å². The lowest BCUT2D eigenvalue weighted by molar-refractivity contribution is -0.116. The monoisotopic (exact) mass is 283 g/mol. The van der Waals surface area contributed by atoms with Gasteiger partial charge in [0, 0.05) is 12.6 Å². The van der Waals surface area contributed by atoms with Crippen molar-refractivity contribution in [2.75, 3.05) is 6.54 Å². The molecule has 2 aromatic carbocycles. The molecule has 0 bridgehead atoms. The Labute approximate surface area is 124 Å². The average molecular weight is 283 g/mol. The molecule has 2 rings (SSSR count). The zero-order valence-corrected chi connectivity index (χ0v) is 12.0. The zero-order chi connectivity index (χ0) is 15.1. The summed E-state index contributed by atoms with van der Waals surface area (Å²) < 4.78 is 12.8. The Bertz CT molecular complexity index is 617. The Morgan fingerprint density at radius 1 is 1.10 bits per heavy atom. The van der Waals surface area contributed by atoms with Gasteiger partial charge in [0.15, 0.2) is 0 Å². The Morgan fingerprint density at radius 3 is 2.43 bits per heavy atom. The van der Waals surface area contributed by atoms with Gasteiger partial charge >= 0.3 is 0 Å². The molecule has 0 aromatic heterocycles. The van der Waals surface area contributed by atoms with E-state index in [1.807, 2.05) is 37.3 Å². The Hall–Kier alpha value is -2.42. The van der Waals surface area contributed by atoms with E-state index in [-0.39, 0.29) is 11.7 Å². The molecule has 0 heterocycles. The van der Waals surface area contributed by atoms with Crippen molar-refractivity contribution in [1.29, 1.82) is 0 Å². The maximum absolute atomic E-state index is 12.8. The van der Waals surface area contributed by atoms with Gasteiger partial charge in [-0.05, 0) is 42.2 Å². The quantitative estimate of drug-likeness (QED) is 0.835. The van der Waals surface area contributed by atoms with E-state index in [1.54, 1.807) is 18.2 Å². The molecule has 21 heavy (non-hydrogen) atoms. The number of benzene rings is 2.